The molecule has 0 radical (unpaired) electrons. The van der Waals surface area contributed by atoms with Crippen LogP contribution in [0.5, 0.6) is 0 Å². The minimum absolute atomic E-state index is 0.118. The molecule has 2 N–H and O–H groups in total. The Morgan fingerprint density at radius 2 is 2.00 bits per heavy atom. The van der Waals surface area contributed by atoms with Crippen molar-refractivity contribution in [3.63, 3.8) is 0 Å². The topological polar surface area (TPSA) is 66.8 Å². The highest BCUT2D eigenvalue weighted by molar-refractivity contribution is 5.80. The molecular weight excluding hydrogens is 304 g/mol. The van der Waals surface area contributed by atoms with E-state index in [0.717, 1.165) is 37.7 Å². The summed E-state index contributed by atoms with van der Waals surface area (Å²) >= 11 is 0. The molecule has 2 atom stereocenters. The number of rotatable bonds is 8. The predicted octanol–water partition coefficient (Wildman–Crippen LogP) is 4.40. The van der Waals surface area contributed by atoms with Crippen molar-refractivity contribution in [2.45, 2.75) is 84.0 Å². The van der Waals surface area contributed by atoms with Gasteiger partial charge in [0.25, 0.3) is 0 Å². The van der Waals surface area contributed by atoms with Gasteiger partial charge in [-0.1, -0.05) is 29.4 Å². The minimum Gasteiger partial charge on any atom is -0.478 e. The van der Waals surface area contributed by atoms with Crippen molar-refractivity contribution in [2.75, 3.05) is 0 Å². The van der Waals surface area contributed by atoms with Crippen LogP contribution in [-0.4, -0.2) is 33.5 Å². The van der Waals surface area contributed by atoms with Crippen molar-refractivity contribution in [2.24, 2.45) is 0 Å². The fraction of sp³-hybridized carbons (Fsp3) is 0.650. The molecule has 1 saturated heterocycles. The van der Waals surface area contributed by atoms with Gasteiger partial charge in [0, 0.05) is 6.08 Å². The molecule has 24 heavy (non-hydrogen) atoms. The van der Waals surface area contributed by atoms with E-state index in [4.69, 9.17) is 9.84 Å². The highest BCUT2D eigenvalue weighted by Crippen LogP contribution is 2.36. The fourth-order valence-electron chi connectivity index (χ4n) is 2.89. The van der Waals surface area contributed by atoms with Crippen LogP contribution in [0.15, 0.2) is 35.5 Å². The number of aliphatic hydroxyl groups is 1. The monoisotopic (exact) mass is 336 g/mol. The van der Waals surface area contributed by atoms with Gasteiger partial charge < -0.3 is 14.9 Å². The van der Waals surface area contributed by atoms with Crippen LogP contribution in [0.3, 0.4) is 0 Å². The Morgan fingerprint density at radius 3 is 2.54 bits per heavy atom. The molecule has 0 aromatic heterocycles. The number of hydrogen-bond acceptors (Lipinski definition) is 3. The lowest BCUT2D eigenvalue weighted by atomic mass is 9.96. The lowest BCUT2D eigenvalue weighted by molar-refractivity contribution is -0.131. The third-order valence-electron chi connectivity index (χ3n) is 4.41. The minimum atomic E-state index is -0.884. The zero-order valence-electron chi connectivity index (χ0n) is 15.6. The van der Waals surface area contributed by atoms with Gasteiger partial charge in [0.1, 0.15) is 0 Å². The number of carboxylic acid groups (broad SMARTS) is 1. The molecule has 4 nitrogen and oxygen atoms in total. The zero-order chi connectivity index (χ0) is 18.4. The summed E-state index contributed by atoms with van der Waals surface area (Å²) in [5, 5.41) is 18.7. The summed E-state index contributed by atoms with van der Waals surface area (Å²) in [5.41, 5.74) is 1.04. The molecule has 0 bridgehead atoms. The van der Waals surface area contributed by atoms with Gasteiger partial charge in [0.05, 0.1) is 17.3 Å². The molecule has 1 aliphatic heterocycles. The van der Waals surface area contributed by atoms with Gasteiger partial charge >= 0.3 is 5.97 Å². The SMILES string of the molecule is C/C(=C\CC/C(C)=C/C(=O)O)C/C=C/[C@@]1(C)CCC(C(C)(C)O)O1. The molecule has 4 heteroatoms. The van der Waals surface area contributed by atoms with Crippen molar-refractivity contribution in [3.8, 4) is 0 Å². The number of carbonyl (C=O) groups is 1. The molecule has 0 saturated carbocycles. The van der Waals surface area contributed by atoms with Gasteiger partial charge in [-0.2, -0.15) is 0 Å². The van der Waals surface area contributed by atoms with Crippen LogP contribution in [0, 0.1) is 0 Å². The van der Waals surface area contributed by atoms with E-state index < -0.39 is 11.6 Å². The number of aliphatic carboxylic acids is 1. The lowest BCUT2D eigenvalue weighted by Crippen LogP contribution is -2.37. The van der Waals surface area contributed by atoms with Gasteiger partial charge in [-0.3, -0.25) is 0 Å². The maximum atomic E-state index is 10.6. The Kier molecular flexibility index (Phi) is 7.43. The molecule has 136 valence electrons. The molecule has 0 spiro atoms. The number of carboxylic acids is 1. The van der Waals surface area contributed by atoms with Crippen molar-refractivity contribution < 1.29 is 19.7 Å². The molecule has 0 aliphatic carbocycles. The van der Waals surface area contributed by atoms with E-state index in [-0.39, 0.29) is 11.7 Å². The molecule has 1 unspecified atom stereocenters. The van der Waals surface area contributed by atoms with E-state index in [2.05, 4.69) is 32.1 Å². The molecule has 0 aromatic rings. The Morgan fingerprint density at radius 1 is 1.33 bits per heavy atom. The Labute approximate surface area is 145 Å². The van der Waals surface area contributed by atoms with Crippen molar-refractivity contribution >= 4 is 5.97 Å². The van der Waals surface area contributed by atoms with Crippen molar-refractivity contribution in [1.82, 2.24) is 0 Å². The molecule has 0 aromatic carbocycles. The quantitative estimate of drug-likeness (QED) is 0.509. The highest BCUT2D eigenvalue weighted by Gasteiger charge is 2.40. The second kappa shape index (κ2) is 8.63. The fourth-order valence-corrected chi connectivity index (χ4v) is 2.89. The Bertz CT molecular complexity index is 522. The average molecular weight is 336 g/mol. The average Bonchev–Trinajstić information content (AvgIpc) is 2.80. The second-order valence-electron chi connectivity index (χ2n) is 7.64. The Hall–Kier alpha value is -1.39. The summed E-state index contributed by atoms with van der Waals surface area (Å²) in [5.74, 6) is -0.884. The van der Waals surface area contributed by atoms with Gasteiger partial charge in [-0.15, -0.1) is 0 Å². The van der Waals surface area contributed by atoms with Gasteiger partial charge in [0.15, 0.2) is 0 Å². The molecule has 1 heterocycles. The molecule has 0 amide bonds. The van der Waals surface area contributed by atoms with Gasteiger partial charge in [-0.25, -0.2) is 4.79 Å². The standard InChI is InChI=1S/C20H32O4/c1-15(8-6-9-16(2)14-18(21)22)10-7-12-20(5)13-11-17(24-20)19(3,4)23/h7-8,12,14,17,23H,6,9-11,13H2,1-5H3,(H,21,22)/b12-7+,15-8+,16-14+/t17?,20-/m0/s1. The molecule has 1 fully saturated rings. The van der Waals surface area contributed by atoms with E-state index in [1.807, 2.05) is 6.92 Å². The second-order valence-corrected chi connectivity index (χ2v) is 7.64. The number of allylic oxidation sites excluding steroid dienone is 4. The van der Waals surface area contributed by atoms with E-state index in [1.165, 1.54) is 11.6 Å². The molecular formula is C20H32O4. The largest absolute Gasteiger partial charge is 0.478 e. The highest BCUT2D eigenvalue weighted by atomic mass is 16.5. The first kappa shape index (κ1) is 20.7. The van der Waals surface area contributed by atoms with Gasteiger partial charge in [0.2, 0.25) is 0 Å². The van der Waals surface area contributed by atoms with Crippen LogP contribution in [0.2, 0.25) is 0 Å². The summed E-state index contributed by atoms with van der Waals surface area (Å²) in [6.07, 6.45) is 11.8. The summed E-state index contributed by atoms with van der Waals surface area (Å²) in [6, 6.07) is 0. The molecule has 1 aliphatic rings. The summed E-state index contributed by atoms with van der Waals surface area (Å²) in [7, 11) is 0. The third kappa shape index (κ3) is 7.45. The van der Waals surface area contributed by atoms with Crippen LogP contribution in [0.25, 0.3) is 0 Å². The van der Waals surface area contributed by atoms with Crippen LogP contribution in [-0.2, 0) is 9.53 Å². The summed E-state index contributed by atoms with van der Waals surface area (Å²) in [4.78, 5) is 10.6. The van der Waals surface area contributed by atoms with E-state index in [0.29, 0.717) is 0 Å². The van der Waals surface area contributed by atoms with E-state index in [9.17, 15) is 9.90 Å². The lowest BCUT2D eigenvalue weighted by Gasteiger charge is -2.28. The maximum Gasteiger partial charge on any atom is 0.328 e. The first-order valence-corrected chi connectivity index (χ1v) is 8.65. The predicted molar refractivity (Wildman–Crippen MR) is 97.0 cm³/mol. The van der Waals surface area contributed by atoms with Gasteiger partial charge in [-0.05, 0) is 66.7 Å². The first-order valence-electron chi connectivity index (χ1n) is 8.65. The maximum absolute atomic E-state index is 10.6. The third-order valence-corrected chi connectivity index (χ3v) is 4.41. The smallest absolute Gasteiger partial charge is 0.328 e. The zero-order valence-corrected chi connectivity index (χ0v) is 15.6. The van der Waals surface area contributed by atoms with E-state index >= 15 is 0 Å². The van der Waals surface area contributed by atoms with Crippen molar-refractivity contribution in [1.29, 1.82) is 0 Å². The van der Waals surface area contributed by atoms with Crippen LogP contribution in [0.4, 0.5) is 0 Å². The number of ether oxygens (including phenoxy) is 1. The van der Waals surface area contributed by atoms with Crippen LogP contribution in [0.1, 0.15) is 66.7 Å². The number of hydrogen-bond donors (Lipinski definition) is 2. The van der Waals surface area contributed by atoms with Crippen molar-refractivity contribution in [3.05, 3.63) is 35.5 Å². The Balaban J connectivity index is 2.43. The normalized spacial score (nSPS) is 26.3. The summed E-state index contributed by atoms with van der Waals surface area (Å²) < 4.78 is 6.03. The van der Waals surface area contributed by atoms with Crippen LogP contribution >= 0.6 is 0 Å². The first-order chi connectivity index (χ1) is 11.0. The van der Waals surface area contributed by atoms with E-state index in [1.54, 1.807) is 13.8 Å². The van der Waals surface area contributed by atoms with Crippen LogP contribution < -0.4 is 0 Å². The molecule has 1 rings (SSSR count). The summed E-state index contributed by atoms with van der Waals surface area (Å²) in [6.45, 7) is 9.57.